The first-order valence-electron chi connectivity index (χ1n) is 10.2. The van der Waals surface area contributed by atoms with Crippen LogP contribution in [0.5, 0.6) is 0 Å². The predicted octanol–water partition coefficient (Wildman–Crippen LogP) is 8.40. The Balaban J connectivity index is 1.92. The maximum Gasteiger partial charge on any atom is 0.421 e. The van der Waals surface area contributed by atoms with Gasteiger partial charge in [0.25, 0.3) is 0 Å². The van der Waals surface area contributed by atoms with Crippen molar-refractivity contribution in [1.82, 2.24) is 9.97 Å². The van der Waals surface area contributed by atoms with E-state index < -0.39 is 45.5 Å². The highest BCUT2D eigenvalue weighted by atomic mass is 32.1. The van der Waals surface area contributed by atoms with Crippen LogP contribution in [0.15, 0.2) is 42.0 Å². The molecule has 2 heterocycles. The molecule has 2 nitrogen and oxygen atoms in total. The number of fused-ring (bicyclic) bond motifs is 3. The minimum atomic E-state index is -5.28. The van der Waals surface area contributed by atoms with Gasteiger partial charge in [0.15, 0.2) is 17.5 Å². The molecule has 0 bridgehead atoms. The van der Waals surface area contributed by atoms with Gasteiger partial charge in [-0.3, -0.25) is 0 Å². The molecule has 0 aliphatic rings. The first-order chi connectivity index (χ1) is 15.9. The Hall–Kier alpha value is -3.20. The first-order valence-corrected chi connectivity index (χ1v) is 11.1. The fourth-order valence-corrected chi connectivity index (χ4v) is 5.08. The summed E-state index contributed by atoms with van der Waals surface area (Å²) in [6.07, 6.45) is -4.49. The van der Waals surface area contributed by atoms with Gasteiger partial charge in [0.1, 0.15) is 11.9 Å². The van der Waals surface area contributed by atoms with E-state index in [9.17, 15) is 26.3 Å². The predicted molar refractivity (Wildman–Crippen MR) is 121 cm³/mol. The second kappa shape index (κ2) is 7.40. The molecule has 0 aliphatic carbocycles. The molecule has 3 aromatic carbocycles. The van der Waals surface area contributed by atoms with Gasteiger partial charge in [0.05, 0.1) is 16.6 Å². The largest absolute Gasteiger partial charge is 0.421 e. The Morgan fingerprint density at radius 1 is 0.824 bits per heavy atom. The Labute approximate surface area is 193 Å². The summed E-state index contributed by atoms with van der Waals surface area (Å²) in [5, 5.41) is 3.87. The van der Waals surface area contributed by atoms with Crippen LogP contribution in [0, 0.1) is 17.5 Å². The number of rotatable bonds is 1. The molecule has 2 aromatic heterocycles. The van der Waals surface area contributed by atoms with Crippen LogP contribution in [-0.2, 0) is 11.6 Å². The summed E-state index contributed by atoms with van der Waals surface area (Å²) in [6.45, 7) is 5.91. The van der Waals surface area contributed by atoms with Crippen molar-refractivity contribution in [1.29, 1.82) is 0 Å². The number of nitrogens with zero attached hydrogens (tertiary/aromatic N) is 2. The minimum absolute atomic E-state index is 0.245. The van der Waals surface area contributed by atoms with E-state index in [1.807, 2.05) is 44.4 Å². The van der Waals surface area contributed by atoms with E-state index in [1.54, 1.807) is 12.1 Å². The van der Waals surface area contributed by atoms with Gasteiger partial charge in [-0.2, -0.15) is 13.2 Å². The zero-order chi connectivity index (χ0) is 24.6. The van der Waals surface area contributed by atoms with Crippen LogP contribution in [-0.4, -0.2) is 9.97 Å². The monoisotopic (exact) mass is 490 g/mol. The molecule has 0 fully saturated rings. The van der Waals surface area contributed by atoms with Crippen molar-refractivity contribution in [2.45, 2.75) is 32.4 Å². The smallest absolute Gasteiger partial charge is 0.236 e. The average molecular weight is 490 g/mol. The molecule has 174 valence electrons. The van der Waals surface area contributed by atoms with Crippen LogP contribution in [0.1, 0.15) is 31.9 Å². The highest BCUT2D eigenvalue weighted by molar-refractivity contribution is 7.17. The number of benzene rings is 3. The number of thiophene rings is 1. The second-order valence-corrected chi connectivity index (χ2v) is 10.0. The molecule has 34 heavy (non-hydrogen) atoms. The van der Waals surface area contributed by atoms with Gasteiger partial charge in [-0.1, -0.05) is 20.8 Å². The average Bonchev–Trinajstić information content (AvgIpc) is 3.20. The van der Waals surface area contributed by atoms with Gasteiger partial charge in [0.2, 0.25) is 0 Å². The molecule has 5 rings (SSSR count). The standard InChI is InChI=1S/C25H16F6N2S/c1-24(2,3)15-8-13(6-12-9-16-11(4-5-34-16)7-14(12)15)22-17-19(26)21(28)20(27)18(25(29,30)31)23(17)33-10-32-22/h4-10H,1-3H3. The van der Waals surface area contributed by atoms with Crippen LogP contribution < -0.4 is 0 Å². The van der Waals surface area contributed by atoms with Crippen molar-refractivity contribution in [3.63, 3.8) is 0 Å². The van der Waals surface area contributed by atoms with Crippen LogP contribution >= 0.6 is 11.3 Å². The highest BCUT2D eigenvalue weighted by Gasteiger charge is 2.41. The number of alkyl halides is 3. The molecule has 0 spiro atoms. The minimum Gasteiger partial charge on any atom is -0.236 e. The molecule has 0 saturated carbocycles. The highest BCUT2D eigenvalue weighted by Crippen LogP contribution is 2.42. The van der Waals surface area contributed by atoms with E-state index in [1.165, 1.54) is 11.3 Å². The maximum atomic E-state index is 14.9. The third kappa shape index (κ3) is 3.41. The molecule has 0 aliphatic heterocycles. The van der Waals surface area contributed by atoms with Crippen molar-refractivity contribution in [2.75, 3.05) is 0 Å². The van der Waals surface area contributed by atoms with Gasteiger partial charge in [-0.25, -0.2) is 23.1 Å². The topological polar surface area (TPSA) is 25.8 Å². The molecular weight excluding hydrogens is 474 g/mol. The zero-order valence-corrected chi connectivity index (χ0v) is 18.9. The second-order valence-electron chi connectivity index (χ2n) is 9.07. The van der Waals surface area contributed by atoms with Gasteiger partial charge in [0, 0.05) is 10.3 Å². The maximum absolute atomic E-state index is 14.9. The zero-order valence-electron chi connectivity index (χ0n) is 18.1. The van der Waals surface area contributed by atoms with Gasteiger partial charge >= 0.3 is 6.18 Å². The Bertz CT molecular complexity index is 1610. The number of aromatic nitrogens is 2. The normalized spacial score (nSPS) is 12.9. The lowest BCUT2D eigenvalue weighted by molar-refractivity contribution is -0.139. The van der Waals surface area contributed by atoms with E-state index in [0.29, 0.717) is 0 Å². The van der Waals surface area contributed by atoms with Crippen molar-refractivity contribution < 1.29 is 26.3 Å². The van der Waals surface area contributed by atoms with Crippen molar-refractivity contribution in [2.24, 2.45) is 0 Å². The van der Waals surface area contributed by atoms with Crippen LogP contribution in [0.25, 0.3) is 43.0 Å². The number of hydrogen-bond acceptors (Lipinski definition) is 3. The number of halogens is 6. The summed E-state index contributed by atoms with van der Waals surface area (Å²) in [6, 6.07) is 9.33. The molecule has 0 N–H and O–H groups in total. The summed E-state index contributed by atoms with van der Waals surface area (Å²) in [7, 11) is 0. The SMILES string of the molecule is CC(C)(C)c1cc(-c2ncnc3c(C(F)(F)F)c(F)c(F)c(F)c23)cc2cc3sccc3cc12. The summed E-state index contributed by atoms with van der Waals surface area (Å²) in [4.78, 5) is 7.50. The Morgan fingerprint density at radius 3 is 2.24 bits per heavy atom. The molecule has 5 aromatic rings. The summed E-state index contributed by atoms with van der Waals surface area (Å²) >= 11 is 1.53. The molecule has 0 saturated heterocycles. The fraction of sp³-hybridized carbons (Fsp3) is 0.200. The molecule has 0 unspecified atom stereocenters. The summed E-state index contributed by atoms with van der Waals surface area (Å²) < 4.78 is 85.1. The van der Waals surface area contributed by atoms with E-state index in [-0.39, 0.29) is 11.3 Å². The lowest BCUT2D eigenvalue weighted by Gasteiger charge is -2.23. The van der Waals surface area contributed by atoms with Gasteiger partial charge < -0.3 is 0 Å². The summed E-state index contributed by atoms with van der Waals surface area (Å²) in [5.41, 5.74) is -2.50. The molecular formula is C25H16F6N2S. The third-order valence-corrected chi connectivity index (χ3v) is 6.68. The fourth-order valence-electron chi connectivity index (χ4n) is 4.26. The van der Waals surface area contributed by atoms with Crippen molar-refractivity contribution in [3.8, 4) is 11.3 Å². The molecule has 9 heteroatoms. The molecule has 0 amide bonds. The Morgan fingerprint density at radius 2 is 1.56 bits per heavy atom. The lowest BCUT2D eigenvalue weighted by atomic mass is 9.82. The van der Waals surface area contributed by atoms with Gasteiger partial charge in [-0.05, 0) is 62.8 Å². The molecule has 0 radical (unpaired) electrons. The third-order valence-electron chi connectivity index (χ3n) is 5.80. The number of hydrogen-bond donors (Lipinski definition) is 0. The van der Waals surface area contributed by atoms with E-state index >= 15 is 0 Å². The van der Waals surface area contributed by atoms with Crippen molar-refractivity contribution >= 4 is 43.1 Å². The van der Waals surface area contributed by atoms with Crippen LogP contribution in [0.2, 0.25) is 0 Å². The van der Waals surface area contributed by atoms with E-state index in [0.717, 1.165) is 32.7 Å². The summed E-state index contributed by atoms with van der Waals surface area (Å²) in [5.74, 6) is -6.30. The lowest BCUT2D eigenvalue weighted by Crippen LogP contribution is -2.14. The van der Waals surface area contributed by atoms with Crippen LogP contribution in [0.4, 0.5) is 26.3 Å². The van der Waals surface area contributed by atoms with Gasteiger partial charge in [-0.15, -0.1) is 11.3 Å². The Kier molecular flexibility index (Phi) is 4.91. The molecule has 0 atom stereocenters. The van der Waals surface area contributed by atoms with E-state index in [2.05, 4.69) is 9.97 Å². The van der Waals surface area contributed by atoms with Crippen LogP contribution in [0.3, 0.4) is 0 Å². The van der Waals surface area contributed by atoms with Crippen molar-refractivity contribution in [3.05, 3.63) is 70.6 Å². The van der Waals surface area contributed by atoms with E-state index in [4.69, 9.17) is 0 Å². The quantitative estimate of drug-likeness (QED) is 0.174. The first kappa shape index (κ1) is 22.6.